The number of phenolic OH excluding ortho intramolecular Hbond substituents is 1. The molecule has 0 bridgehead atoms. The summed E-state index contributed by atoms with van der Waals surface area (Å²) in [5, 5.41) is 17.1. The Morgan fingerprint density at radius 1 is 1.43 bits per heavy atom. The highest BCUT2D eigenvalue weighted by atomic mass is 16.3. The van der Waals surface area contributed by atoms with Crippen molar-refractivity contribution in [3.63, 3.8) is 0 Å². The standard InChI is InChI=1S/C17H24N4O2/c1-5-12-6-7-14(16(22)8-12)17(23)18-10-15(20(2)3)13-9-19-21(4)11-13/h6-9,11,15,22H,5,10H2,1-4H3,(H,18,23)/t15-/m1/s1. The van der Waals surface area contributed by atoms with E-state index in [0.717, 1.165) is 17.5 Å². The van der Waals surface area contributed by atoms with E-state index in [0.29, 0.717) is 12.1 Å². The summed E-state index contributed by atoms with van der Waals surface area (Å²) in [6, 6.07) is 5.18. The van der Waals surface area contributed by atoms with Crippen LogP contribution in [0.1, 0.15) is 34.5 Å². The summed E-state index contributed by atoms with van der Waals surface area (Å²) in [5.41, 5.74) is 2.33. The molecule has 0 aliphatic rings. The average Bonchev–Trinajstić information content (AvgIpc) is 2.92. The maximum Gasteiger partial charge on any atom is 0.255 e. The van der Waals surface area contributed by atoms with Crippen LogP contribution >= 0.6 is 0 Å². The maximum absolute atomic E-state index is 12.3. The lowest BCUT2D eigenvalue weighted by molar-refractivity contribution is 0.0939. The van der Waals surface area contributed by atoms with Crippen LogP contribution in [0.5, 0.6) is 5.75 Å². The number of hydrogen-bond acceptors (Lipinski definition) is 4. The van der Waals surface area contributed by atoms with Gasteiger partial charge in [0, 0.05) is 25.4 Å². The molecule has 0 saturated carbocycles. The lowest BCUT2D eigenvalue weighted by Crippen LogP contribution is -2.34. The van der Waals surface area contributed by atoms with Crippen molar-refractivity contribution in [2.75, 3.05) is 20.6 Å². The van der Waals surface area contributed by atoms with E-state index < -0.39 is 0 Å². The Balaban J connectivity index is 2.07. The molecule has 6 heteroatoms. The summed E-state index contributed by atoms with van der Waals surface area (Å²) in [7, 11) is 5.77. The maximum atomic E-state index is 12.3. The van der Waals surface area contributed by atoms with Gasteiger partial charge in [-0.05, 0) is 38.2 Å². The number of phenols is 1. The first kappa shape index (κ1) is 17.0. The zero-order valence-corrected chi connectivity index (χ0v) is 14.1. The number of hydrogen-bond donors (Lipinski definition) is 2. The highest BCUT2D eigenvalue weighted by molar-refractivity contribution is 5.96. The van der Waals surface area contributed by atoms with E-state index in [1.54, 1.807) is 23.0 Å². The van der Waals surface area contributed by atoms with Crippen LogP contribution in [0.2, 0.25) is 0 Å². The third-order valence-electron chi connectivity index (χ3n) is 3.90. The highest BCUT2D eigenvalue weighted by Gasteiger charge is 2.18. The predicted octanol–water partition coefficient (Wildman–Crippen LogP) is 1.72. The van der Waals surface area contributed by atoms with Crippen LogP contribution in [0.4, 0.5) is 0 Å². The number of amides is 1. The van der Waals surface area contributed by atoms with E-state index in [9.17, 15) is 9.90 Å². The molecule has 2 N–H and O–H groups in total. The van der Waals surface area contributed by atoms with Crippen LogP contribution in [0.3, 0.4) is 0 Å². The fourth-order valence-electron chi connectivity index (χ4n) is 2.48. The molecule has 0 aliphatic carbocycles. The number of rotatable bonds is 6. The van der Waals surface area contributed by atoms with E-state index in [2.05, 4.69) is 10.4 Å². The number of likely N-dealkylation sites (N-methyl/N-ethyl adjacent to an activating group) is 1. The Morgan fingerprint density at radius 2 is 2.17 bits per heavy atom. The van der Waals surface area contributed by atoms with Crippen molar-refractivity contribution < 1.29 is 9.90 Å². The summed E-state index contributed by atoms with van der Waals surface area (Å²) < 4.78 is 1.74. The molecule has 6 nitrogen and oxygen atoms in total. The predicted molar refractivity (Wildman–Crippen MR) is 89.5 cm³/mol. The Bertz CT molecular complexity index is 679. The lowest BCUT2D eigenvalue weighted by atomic mass is 10.1. The number of aromatic nitrogens is 2. The summed E-state index contributed by atoms with van der Waals surface area (Å²) in [6.07, 6.45) is 4.55. The molecule has 0 unspecified atom stereocenters. The molecule has 2 aromatic rings. The SMILES string of the molecule is CCc1ccc(C(=O)NC[C@H](c2cnn(C)c2)N(C)C)c(O)c1. The first-order valence-corrected chi connectivity index (χ1v) is 7.67. The average molecular weight is 316 g/mol. The number of carbonyl (C=O) groups excluding carboxylic acids is 1. The molecule has 1 aromatic heterocycles. The van der Waals surface area contributed by atoms with Gasteiger partial charge in [0.1, 0.15) is 5.75 Å². The second-order valence-corrected chi connectivity index (χ2v) is 5.84. The van der Waals surface area contributed by atoms with Crippen LogP contribution in [-0.4, -0.2) is 46.3 Å². The number of benzene rings is 1. The van der Waals surface area contributed by atoms with Crippen LogP contribution < -0.4 is 5.32 Å². The van der Waals surface area contributed by atoms with Crippen molar-refractivity contribution in [1.82, 2.24) is 20.0 Å². The molecular formula is C17H24N4O2. The second-order valence-electron chi connectivity index (χ2n) is 5.84. The number of carbonyl (C=O) groups is 1. The Hall–Kier alpha value is -2.34. The van der Waals surface area contributed by atoms with E-state index in [4.69, 9.17) is 0 Å². The first-order chi connectivity index (χ1) is 10.9. The molecule has 0 radical (unpaired) electrons. The van der Waals surface area contributed by atoms with Crippen LogP contribution in [0.15, 0.2) is 30.6 Å². The number of nitrogens with zero attached hydrogens (tertiary/aromatic N) is 3. The zero-order chi connectivity index (χ0) is 17.0. The van der Waals surface area contributed by atoms with E-state index in [1.165, 1.54) is 0 Å². The molecule has 0 saturated heterocycles. The molecular weight excluding hydrogens is 292 g/mol. The lowest BCUT2D eigenvalue weighted by Gasteiger charge is -2.23. The largest absolute Gasteiger partial charge is 0.507 e. The Labute approximate surface area is 136 Å². The van der Waals surface area contributed by atoms with Crippen LogP contribution in [0.25, 0.3) is 0 Å². The quantitative estimate of drug-likeness (QED) is 0.851. The van der Waals surface area contributed by atoms with E-state index >= 15 is 0 Å². The molecule has 1 amide bonds. The number of aromatic hydroxyl groups is 1. The van der Waals surface area contributed by atoms with Crippen molar-refractivity contribution in [2.24, 2.45) is 7.05 Å². The number of aryl methyl sites for hydroxylation is 2. The van der Waals surface area contributed by atoms with Gasteiger partial charge in [-0.25, -0.2) is 0 Å². The van der Waals surface area contributed by atoms with Gasteiger partial charge in [-0.2, -0.15) is 5.10 Å². The van der Waals surface area contributed by atoms with Gasteiger partial charge in [0.2, 0.25) is 0 Å². The van der Waals surface area contributed by atoms with E-state index in [1.807, 2.05) is 45.2 Å². The van der Waals surface area contributed by atoms with Gasteiger partial charge in [0.25, 0.3) is 5.91 Å². The fraction of sp³-hybridized carbons (Fsp3) is 0.412. The summed E-state index contributed by atoms with van der Waals surface area (Å²) >= 11 is 0. The molecule has 2 rings (SSSR count). The van der Waals surface area contributed by atoms with Crippen molar-refractivity contribution >= 4 is 5.91 Å². The van der Waals surface area contributed by atoms with Crippen molar-refractivity contribution in [3.05, 3.63) is 47.3 Å². The van der Waals surface area contributed by atoms with Crippen LogP contribution in [-0.2, 0) is 13.5 Å². The smallest absolute Gasteiger partial charge is 0.255 e. The van der Waals surface area contributed by atoms with Gasteiger partial charge >= 0.3 is 0 Å². The topological polar surface area (TPSA) is 70.4 Å². The van der Waals surface area contributed by atoms with Crippen molar-refractivity contribution in [3.8, 4) is 5.75 Å². The number of nitrogens with one attached hydrogen (secondary N) is 1. The molecule has 124 valence electrons. The summed E-state index contributed by atoms with van der Waals surface area (Å²) in [4.78, 5) is 14.3. The zero-order valence-electron chi connectivity index (χ0n) is 14.1. The van der Waals surface area contributed by atoms with E-state index in [-0.39, 0.29) is 17.7 Å². The molecule has 0 aliphatic heterocycles. The normalized spacial score (nSPS) is 12.4. The minimum atomic E-state index is -0.277. The summed E-state index contributed by atoms with van der Waals surface area (Å²) in [5.74, 6) is -0.259. The second kappa shape index (κ2) is 7.28. The Kier molecular flexibility index (Phi) is 5.39. The molecule has 0 fully saturated rings. The van der Waals surface area contributed by atoms with Gasteiger partial charge in [-0.3, -0.25) is 9.48 Å². The molecule has 1 heterocycles. The Morgan fingerprint density at radius 3 is 2.70 bits per heavy atom. The summed E-state index contributed by atoms with van der Waals surface area (Å²) in [6.45, 7) is 2.44. The van der Waals surface area contributed by atoms with Gasteiger partial charge in [0.05, 0.1) is 17.8 Å². The van der Waals surface area contributed by atoms with Gasteiger partial charge < -0.3 is 15.3 Å². The molecule has 1 aromatic carbocycles. The highest BCUT2D eigenvalue weighted by Crippen LogP contribution is 2.20. The van der Waals surface area contributed by atoms with Gasteiger partial charge in [0.15, 0.2) is 0 Å². The third kappa shape index (κ3) is 4.10. The minimum absolute atomic E-state index is 0.0182. The molecule has 0 spiro atoms. The minimum Gasteiger partial charge on any atom is -0.507 e. The van der Waals surface area contributed by atoms with Gasteiger partial charge in [-0.15, -0.1) is 0 Å². The molecule has 1 atom stereocenters. The molecule has 23 heavy (non-hydrogen) atoms. The van der Waals surface area contributed by atoms with Crippen LogP contribution in [0, 0.1) is 0 Å². The van der Waals surface area contributed by atoms with Crippen molar-refractivity contribution in [1.29, 1.82) is 0 Å². The first-order valence-electron chi connectivity index (χ1n) is 7.67. The third-order valence-corrected chi connectivity index (χ3v) is 3.90. The monoisotopic (exact) mass is 316 g/mol. The van der Waals surface area contributed by atoms with Crippen molar-refractivity contribution in [2.45, 2.75) is 19.4 Å². The van der Waals surface area contributed by atoms with Gasteiger partial charge in [-0.1, -0.05) is 13.0 Å². The fourth-order valence-corrected chi connectivity index (χ4v) is 2.48.